The summed E-state index contributed by atoms with van der Waals surface area (Å²) in [6, 6.07) is 15.5. The Labute approximate surface area is 179 Å². The Morgan fingerprint density at radius 3 is 2.55 bits per heavy atom. The Balaban J connectivity index is 1.71. The molecular weight excluding hydrogens is 401 g/mol. The Morgan fingerprint density at radius 1 is 1.10 bits per heavy atom. The highest BCUT2D eigenvalue weighted by molar-refractivity contribution is 5.81. The molecule has 0 aliphatic rings. The number of carbonyl (C=O) groups is 1. The lowest BCUT2D eigenvalue weighted by Gasteiger charge is -2.18. The van der Waals surface area contributed by atoms with Crippen molar-refractivity contribution in [2.45, 2.75) is 32.9 Å². The van der Waals surface area contributed by atoms with Crippen molar-refractivity contribution in [1.82, 2.24) is 15.1 Å². The molecule has 31 heavy (non-hydrogen) atoms. The third-order valence-electron chi connectivity index (χ3n) is 4.50. The number of hydrogen-bond donors (Lipinski definition) is 1. The second-order valence-corrected chi connectivity index (χ2v) is 6.67. The average Bonchev–Trinajstić information content (AvgIpc) is 2.78. The van der Waals surface area contributed by atoms with Gasteiger partial charge in [0.1, 0.15) is 11.6 Å². The summed E-state index contributed by atoms with van der Waals surface area (Å²) < 4.78 is 25.6. The molecule has 3 aromatic rings. The zero-order chi connectivity index (χ0) is 22.2. The first kappa shape index (κ1) is 22.0. The van der Waals surface area contributed by atoms with Gasteiger partial charge in [-0.3, -0.25) is 9.59 Å². The molecule has 1 atom stereocenters. The van der Waals surface area contributed by atoms with E-state index in [1.54, 1.807) is 0 Å². The number of rotatable bonds is 9. The Bertz CT molecular complexity index is 1080. The van der Waals surface area contributed by atoms with Gasteiger partial charge in [-0.1, -0.05) is 25.1 Å². The fourth-order valence-electron chi connectivity index (χ4n) is 2.93. The Kier molecular flexibility index (Phi) is 7.37. The van der Waals surface area contributed by atoms with E-state index in [2.05, 4.69) is 10.4 Å². The number of carbonyl (C=O) groups excluding carboxylic acids is 1. The van der Waals surface area contributed by atoms with Crippen molar-refractivity contribution in [2.75, 3.05) is 6.61 Å². The summed E-state index contributed by atoms with van der Waals surface area (Å²) in [6.45, 7) is 4.53. The van der Waals surface area contributed by atoms with Gasteiger partial charge in [-0.05, 0) is 43.7 Å². The minimum Gasteiger partial charge on any atom is -0.494 e. The van der Waals surface area contributed by atoms with E-state index in [0.29, 0.717) is 24.5 Å². The van der Waals surface area contributed by atoms with Gasteiger partial charge in [0, 0.05) is 24.2 Å². The number of ether oxygens (including phenoxy) is 2. The fourth-order valence-corrected chi connectivity index (χ4v) is 2.93. The number of halogens is 1. The standard InChI is InChI=1S/C23H24FN3O4/c1-3-19(23(29)25-15-16-7-5-6-8-20(16)30-4-2)31-21-13-14-22(28)27(26-21)18-11-9-17(24)10-12-18/h5-14,19H,3-4,15H2,1-2H3,(H,25,29). The number of aromatic nitrogens is 2. The van der Waals surface area contributed by atoms with Crippen LogP contribution in [0.3, 0.4) is 0 Å². The second kappa shape index (κ2) is 10.4. The molecule has 0 saturated carbocycles. The summed E-state index contributed by atoms with van der Waals surface area (Å²) in [5, 5.41) is 7.01. The van der Waals surface area contributed by atoms with Crippen LogP contribution in [-0.4, -0.2) is 28.4 Å². The van der Waals surface area contributed by atoms with Crippen LogP contribution in [0.1, 0.15) is 25.8 Å². The third-order valence-corrected chi connectivity index (χ3v) is 4.50. The summed E-state index contributed by atoms with van der Waals surface area (Å²) >= 11 is 0. The van der Waals surface area contributed by atoms with Gasteiger partial charge >= 0.3 is 0 Å². The molecule has 8 heteroatoms. The average molecular weight is 425 g/mol. The van der Waals surface area contributed by atoms with Crippen LogP contribution in [-0.2, 0) is 11.3 Å². The predicted octanol–water partition coefficient (Wildman–Crippen LogP) is 3.24. The van der Waals surface area contributed by atoms with Crippen molar-refractivity contribution in [2.24, 2.45) is 0 Å². The molecule has 0 bridgehead atoms. The molecule has 0 spiro atoms. The van der Waals surface area contributed by atoms with Gasteiger partial charge in [0.2, 0.25) is 5.88 Å². The first-order valence-electron chi connectivity index (χ1n) is 10.0. The number of nitrogens with one attached hydrogen (secondary N) is 1. The van der Waals surface area contributed by atoms with E-state index in [-0.39, 0.29) is 18.3 Å². The van der Waals surface area contributed by atoms with E-state index in [9.17, 15) is 14.0 Å². The summed E-state index contributed by atoms with van der Waals surface area (Å²) in [5.74, 6) is 0.0981. The number of amides is 1. The smallest absolute Gasteiger partial charge is 0.271 e. The quantitative estimate of drug-likeness (QED) is 0.569. The highest BCUT2D eigenvalue weighted by Gasteiger charge is 2.20. The van der Waals surface area contributed by atoms with E-state index in [1.807, 2.05) is 38.1 Å². The minimum atomic E-state index is -0.800. The monoisotopic (exact) mass is 425 g/mol. The maximum Gasteiger partial charge on any atom is 0.271 e. The van der Waals surface area contributed by atoms with Crippen molar-refractivity contribution in [3.05, 3.63) is 82.4 Å². The number of para-hydroxylation sites is 1. The van der Waals surface area contributed by atoms with E-state index in [0.717, 1.165) is 10.2 Å². The lowest BCUT2D eigenvalue weighted by molar-refractivity contribution is -0.128. The summed E-state index contributed by atoms with van der Waals surface area (Å²) in [7, 11) is 0. The van der Waals surface area contributed by atoms with Crippen LogP contribution in [0.15, 0.2) is 65.5 Å². The molecule has 2 aromatic carbocycles. The largest absolute Gasteiger partial charge is 0.494 e. The topological polar surface area (TPSA) is 82.5 Å². The molecule has 162 valence electrons. The molecule has 1 heterocycles. The molecule has 7 nitrogen and oxygen atoms in total. The maximum absolute atomic E-state index is 13.2. The number of hydrogen-bond acceptors (Lipinski definition) is 5. The molecule has 1 amide bonds. The summed E-state index contributed by atoms with van der Waals surface area (Å²) in [6.07, 6.45) is -0.401. The highest BCUT2D eigenvalue weighted by atomic mass is 19.1. The predicted molar refractivity (Wildman–Crippen MR) is 114 cm³/mol. The van der Waals surface area contributed by atoms with Gasteiger partial charge in [-0.15, -0.1) is 5.10 Å². The van der Waals surface area contributed by atoms with Crippen molar-refractivity contribution in [1.29, 1.82) is 0 Å². The SMILES string of the molecule is CCOc1ccccc1CNC(=O)C(CC)Oc1ccc(=O)n(-c2ccc(F)cc2)n1. The summed E-state index contributed by atoms with van der Waals surface area (Å²) in [5.41, 5.74) is 0.849. The van der Waals surface area contributed by atoms with Crippen LogP contribution in [0.2, 0.25) is 0 Å². The van der Waals surface area contributed by atoms with Crippen molar-refractivity contribution < 1.29 is 18.7 Å². The van der Waals surface area contributed by atoms with Gasteiger partial charge in [0.25, 0.3) is 11.5 Å². The molecule has 1 N–H and O–H groups in total. The molecule has 0 aliphatic heterocycles. The molecule has 0 saturated heterocycles. The Hall–Kier alpha value is -3.68. The van der Waals surface area contributed by atoms with Crippen LogP contribution in [0, 0.1) is 5.82 Å². The molecule has 0 fully saturated rings. The lowest BCUT2D eigenvalue weighted by atomic mass is 10.2. The Morgan fingerprint density at radius 2 is 1.84 bits per heavy atom. The van der Waals surface area contributed by atoms with E-state index in [1.165, 1.54) is 36.4 Å². The van der Waals surface area contributed by atoms with Crippen LogP contribution in [0.5, 0.6) is 11.6 Å². The molecule has 0 radical (unpaired) electrons. The molecule has 1 unspecified atom stereocenters. The van der Waals surface area contributed by atoms with Gasteiger partial charge in [0.15, 0.2) is 6.10 Å². The third kappa shape index (κ3) is 5.69. The lowest BCUT2D eigenvalue weighted by Crippen LogP contribution is -2.38. The molecule has 0 aliphatic carbocycles. The zero-order valence-corrected chi connectivity index (χ0v) is 17.4. The van der Waals surface area contributed by atoms with Crippen LogP contribution in [0.4, 0.5) is 4.39 Å². The van der Waals surface area contributed by atoms with Crippen LogP contribution < -0.4 is 20.3 Å². The van der Waals surface area contributed by atoms with E-state index in [4.69, 9.17) is 9.47 Å². The number of benzene rings is 2. The highest BCUT2D eigenvalue weighted by Crippen LogP contribution is 2.18. The van der Waals surface area contributed by atoms with Gasteiger partial charge in [-0.2, -0.15) is 4.68 Å². The van der Waals surface area contributed by atoms with E-state index < -0.39 is 17.5 Å². The molecule has 3 rings (SSSR count). The molecule has 1 aromatic heterocycles. The van der Waals surface area contributed by atoms with E-state index >= 15 is 0 Å². The summed E-state index contributed by atoms with van der Waals surface area (Å²) in [4.78, 5) is 24.8. The maximum atomic E-state index is 13.2. The normalized spacial score (nSPS) is 11.6. The second-order valence-electron chi connectivity index (χ2n) is 6.67. The van der Waals surface area contributed by atoms with Crippen molar-refractivity contribution >= 4 is 5.91 Å². The van der Waals surface area contributed by atoms with Crippen molar-refractivity contribution in [3.63, 3.8) is 0 Å². The van der Waals surface area contributed by atoms with Gasteiger partial charge < -0.3 is 14.8 Å². The minimum absolute atomic E-state index is 0.112. The van der Waals surface area contributed by atoms with Gasteiger partial charge in [0.05, 0.1) is 12.3 Å². The van der Waals surface area contributed by atoms with Crippen LogP contribution >= 0.6 is 0 Å². The van der Waals surface area contributed by atoms with Crippen LogP contribution in [0.25, 0.3) is 5.69 Å². The molecular formula is C23H24FN3O4. The van der Waals surface area contributed by atoms with Crippen molar-refractivity contribution in [3.8, 4) is 17.3 Å². The zero-order valence-electron chi connectivity index (χ0n) is 17.4. The first-order chi connectivity index (χ1) is 15.0. The first-order valence-corrected chi connectivity index (χ1v) is 10.0. The fraction of sp³-hybridized carbons (Fsp3) is 0.261. The van der Waals surface area contributed by atoms with Gasteiger partial charge in [-0.25, -0.2) is 4.39 Å². The number of nitrogens with zero attached hydrogens (tertiary/aromatic N) is 2.